The van der Waals surface area contributed by atoms with Gasteiger partial charge in [-0.2, -0.15) is 0 Å². The van der Waals surface area contributed by atoms with Crippen LogP contribution in [0.25, 0.3) is 11.0 Å². The Morgan fingerprint density at radius 2 is 2.15 bits per heavy atom. The van der Waals surface area contributed by atoms with Gasteiger partial charge in [-0.15, -0.1) is 0 Å². The largest absolute Gasteiger partial charge is 0.465 e. The Labute approximate surface area is 117 Å². The first-order chi connectivity index (χ1) is 9.67. The first kappa shape index (κ1) is 14.3. The molecule has 6 nitrogen and oxygen atoms in total. The predicted molar refractivity (Wildman–Crippen MR) is 78.4 cm³/mol. The zero-order valence-corrected chi connectivity index (χ0v) is 11.6. The minimum atomic E-state index is -0.360. The van der Waals surface area contributed by atoms with E-state index in [-0.39, 0.29) is 5.97 Å². The number of benzene rings is 1. The molecule has 0 spiro atoms. The van der Waals surface area contributed by atoms with Crippen LogP contribution >= 0.6 is 0 Å². The molecule has 0 aliphatic rings. The molecule has 0 aliphatic carbocycles. The molecule has 0 fully saturated rings. The van der Waals surface area contributed by atoms with Gasteiger partial charge in [-0.25, -0.2) is 9.78 Å². The number of nitrogens with two attached hydrogens (primary N) is 2. The quantitative estimate of drug-likeness (QED) is 0.616. The van der Waals surface area contributed by atoms with Gasteiger partial charge in [0.25, 0.3) is 0 Å². The molecule has 0 bridgehead atoms. The van der Waals surface area contributed by atoms with Crippen LogP contribution < -0.4 is 11.5 Å². The minimum Gasteiger partial charge on any atom is -0.465 e. The summed E-state index contributed by atoms with van der Waals surface area (Å²) >= 11 is 0. The Balaban J connectivity index is 2.27. The zero-order chi connectivity index (χ0) is 14.5. The van der Waals surface area contributed by atoms with Crippen LogP contribution in [0.15, 0.2) is 18.2 Å². The predicted octanol–water partition coefficient (Wildman–Crippen LogP) is 1.53. The average molecular weight is 276 g/mol. The maximum absolute atomic E-state index is 11.6. The average Bonchev–Trinajstić information content (AvgIpc) is 2.77. The first-order valence-corrected chi connectivity index (χ1v) is 6.71. The number of aryl methyl sites for hydroxylation is 1. The van der Waals surface area contributed by atoms with E-state index in [1.165, 1.54) is 7.11 Å². The number of ether oxygens (including phenoxy) is 1. The molecule has 6 heteroatoms. The summed E-state index contributed by atoms with van der Waals surface area (Å²) in [6.07, 6.45) is 3.03. The van der Waals surface area contributed by atoms with E-state index in [4.69, 9.17) is 16.2 Å². The van der Waals surface area contributed by atoms with Crippen molar-refractivity contribution in [1.82, 2.24) is 9.55 Å². The highest BCUT2D eigenvalue weighted by molar-refractivity contribution is 5.94. The fraction of sp³-hybridized carbons (Fsp3) is 0.429. The van der Waals surface area contributed by atoms with Gasteiger partial charge < -0.3 is 20.8 Å². The van der Waals surface area contributed by atoms with Crippen LogP contribution in [0, 0.1) is 0 Å². The number of nitrogens with zero attached hydrogens (tertiary/aromatic N) is 2. The van der Waals surface area contributed by atoms with E-state index in [2.05, 4.69) is 4.98 Å². The maximum Gasteiger partial charge on any atom is 0.337 e. The molecule has 1 aromatic carbocycles. The number of hydrogen-bond acceptors (Lipinski definition) is 5. The van der Waals surface area contributed by atoms with E-state index in [1.54, 1.807) is 18.2 Å². The van der Waals surface area contributed by atoms with Crippen molar-refractivity contribution in [3.05, 3.63) is 23.8 Å². The van der Waals surface area contributed by atoms with E-state index < -0.39 is 0 Å². The molecule has 0 radical (unpaired) electrons. The number of carbonyl (C=O) groups is 1. The van der Waals surface area contributed by atoms with Gasteiger partial charge in [-0.3, -0.25) is 0 Å². The lowest BCUT2D eigenvalue weighted by molar-refractivity contribution is 0.0601. The molecule has 0 saturated carbocycles. The van der Waals surface area contributed by atoms with Crippen LogP contribution in [0.3, 0.4) is 0 Å². The van der Waals surface area contributed by atoms with E-state index >= 15 is 0 Å². The molecule has 20 heavy (non-hydrogen) atoms. The van der Waals surface area contributed by atoms with Gasteiger partial charge >= 0.3 is 5.97 Å². The summed E-state index contributed by atoms with van der Waals surface area (Å²) in [6.45, 7) is 1.47. The number of aromatic nitrogens is 2. The van der Waals surface area contributed by atoms with Crippen LogP contribution in [0.2, 0.25) is 0 Å². The SMILES string of the molecule is COC(=O)c1ccc2nc(N)n(CCCCCN)c2c1. The van der Waals surface area contributed by atoms with Gasteiger partial charge in [0.05, 0.1) is 23.7 Å². The van der Waals surface area contributed by atoms with E-state index in [9.17, 15) is 4.79 Å². The van der Waals surface area contributed by atoms with Gasteiger partial charge in [0.15, 0.2) is 0 Å². The summed E-state index contributed by atoms with van der Waals surface area (Å²) in [7, 11) is 1.37. The minimum absolute atomic E-state index is 0.360. The van der Waals surface area contributed by atoms with Gasteiger partial charge in [0, 0.05) is 6.54 Å². The number of imidazole rings is 1. The molecule has 0 atom stereocenters. The second-order valence-electron chi connectivity index (χ2n) is 4.67. The van der Waals surface area contributed by atoms with Crippen molar-refractivity contribution in [2.75, 3.05) is 19.4 Å². The highest BCUT2D eigenvalue weighted by Crippen LogP contribution is 2.20. The molecule has 0 unspecified atom stereocenters. The Morgan fingerprint density at radius 1 is 1.35 bits per heavy atom. The molecular weight excluding hydrogens is 256 g/mol. The van der Waals surface area contributed by atoms with Crippen LogP contribution in [-0.4, -0.2) is 29.2 Å². The van der Waals surface area contributed by atoms with E-state index in [0.717, 1.165) is 36.8 Å². The van der Waals surface area contributed by atoms with Crippen LogP contribution in [-0.2, 0) is 11.3 Å². The molecule has 1 aromatic heterocycles. The second kappa shape index (κ2) is 6.38. The monoisotopic (exact) mass is 276 g/mol. The molecule has 2 aromatic rings. The topological polar surface area (TPSA) is 96.2 Å². The van der Waals surface area contributed by atoms with Gasteiger partial charge in [-0.05, 0) is 37.6 Å². The highest BCUT2D eigenvalue weighted by atomic mass is 16.5. The molecule has 108 valence electrons. The molecular formula is C14H20N4O2. The number of carbonyl (C=O) groups excluding carboxylic acids is 1. The summed E-state index contributed by atoms with van der Waals surface area (Å²) in [5.41, 5.74) is 13.6. The van der Waals surface area contributed by atoms with Crippen molar-refractivity contribution >= 4 is 23.0 Å². The highest BCUT2D eigenvalue weighted by Gasteiger charge is 2.12. The molecule has 0 aliphatic heterocycles. The van der Waals surface area contributed by atoms with Gasteiger partial charge in [0.2, 0.25) is 5.95 Å². The van der Waals surface area contributed by atoms with Crippen molar-refractivity contribution in [3.8, 4) is 0 Å². The lowest BCUT2D eigenvalue weighted by atomic mass is 10.2. The Morgan fingerprint density at radius 3 is 2.85 bits per heavy atom. The third-order valence-electron chi connectivity index (χ3n) is 3.28. The first-order valence-electron chi connectivity index (χ1n) is 6.71. The normalized spacial score (nSPS) is 10.9. The number of esters is 1. The summed E-state index contributed by atoms with van der Waals surface area (Å²) in [6, 6.07) is 5.25. The molecule has 0 amide bonds. The van der Waals surface area contributed by atoms with Gasteiger partial charge in [-0.1, -0.05) is 6.42 Å². The summed E-state index contributed by atoms with van der Waals surface area (Å²) in [4.78, 5) is 15.9. The number of fused-ring (bicyclic) bond motifs is 1. The summed E-state index contributed by atoms with van der Waals surface area (Å²) in [5, 5.41) is 0. The second-order valence-corrected chi connectivity index (χ2v) is 4.67. The lowest BCUT2D eigenvalue weighted by Crippen LogP contribution is -2.06. The number of methoxy groups -OCH3 is 1. The Bertz CT molecular complexity index is 606. The number of nitrogen functional groups attached to an aromatic ring is 1. The number of rotatable bonds is 6. The molecule has 2 rings (SSSR count). The van der Waals surface area contributed by atoms with Crippen molar-refractivity contribution in [1.29, 1.82) is 0 Å². The molecule has 0 saturated heterocycles. The van der Waals surface area contributed by atoms with E-state index in [1.807, 2.05) is 4.57 Å². The smallest absolute Gasteiger partial charge is 0.337 e. The van der Waals surface area contributed by atoms with E-state index in [0.29, 0.717) is 18.1 Å². The maximum atomic E-state index is 11.6. The fourth-order valence-electron chi connectivity index (χ4n) is 2.21. The van der Waals surface area contributed by atoms with Crippen molar-refractivity contribution in [2.45, 2.75) is 25.8 Å². The number of anilines is 1. The third-order valence-corrected chi connectivity index (χ3v) is 3.28. The fourth-order valence-corrected chi connectivity index (χ4v) is 2.21. The van der Waals surface area contributed by atoms with Gasteiger partial charge in [0.1, 0.15) is 0 Å². The van der Waals surface area contributed by atoms with Crippen molar-refractivity contribution in [2.24, 2.45) is 5.73 Å². The van der Waals surface area contributed by atoms with Crippen molar-refractivity contribution in [3.63, 3.8) is 0 Å². The summed E-state index contributed by atoms with van der Waals surface area (Å²) < 4.78 is 6.66. The van der Waals surface area contributed by atoms with Crippen LogP contribution in [0.4, 0.5) is 5.95 Å². The number of hydrogen-bond donors (Lipinski definition) is 2. The zero-order valence-electron chi connectivity index (χ0n) is 11.6. The standard InChI is InChI=1S/C14H20N4O2/c1-20-13(19)10-5-6-11-12(9-10)18(14(16)17-11)8-4-2-3-7-15/h5-6,9H,2-4,7-8,15H2,1H3,(H2,16,17). The third kappa shape index (κ3) is 2.91. The molecule has 1 heterocycles. The molecule has 4 N–H and O–H groups in total. The van der Waals surface area contributed by atoms with Crippen molar-refractivity contribution < 1.29 is 9.53 Å². The lowest BCUT2D eigenvalue weighted by Gasteiger charge is -2.06. The Hall–Kier alpha value is -2.08. The van der Waals surface area contributed by atoms with Crippen LogP contribution in [0.1, 0.15) is 29.6 Å². The Kier molecular flexibility index (Phi) is 4.57. The van der Waals surface area contributed by atoms with Crippen LogP contribution in [0.5, 0.6) is 0 Å². The summed E-state index contributed by atoms with van der Waals surface area (Å²) in [5.74, 6) is 0.108. The number of unbranched alkanes of at least 4 members (excludes halogenated alkanes) is 2.